The van der Waals surface area contributed by atoms with Crippen molar-refractivity contribution < 1.29 is 18.4 Å². The fourth-order valence-corrected chi connectivity index (χ4v) is 2.66. The van der Waals surface area contributed by atoms with Crippen LogP contribution in [0.4, 0.5) is 13.2 Å². The highest BCUT2D eigenvalue weighted by atomic mass is 19.4. The van der Waals surface area contributed by atoms with Crippen LogP contribution in [-0.2, 0) is 0 Å². The van der Waals surface area contributed by atoms with Gasteiger partial charge in [-0.25, -0.2) is 0 Å². The first-order valence-electron chi connectivity index (χ1n) is 7.38. The zero-order valence-corrected chi connectivity index (χ0v) is 12.4. The Morgan fingerprint density at radius 3 is 2.38 bits per heavy atom. The predicted octanol–water partition coefficient (Wildman–Crippen LogP) is 1.86. The second-order valence-electron chi connectivity index (χ2n) is 5.43. The number of rotatable bonds is 7. The largest absolute Gasteiger partial charge is 0.409 e. The molecule has 8 heteroatoms. The number of alkyl halides is 3. The second kappa shape index (κ2) is 8.43. The van der Waals surface area contributed by atoms with E-state index in [1.165, 1.54) is 0 Å². The van der Waals surface area contributed by atoms with Gasteiger partial charge in [0.2, 0.25) is 0 Å². The summed E-state index contributed by atoms with van der Waals surface area (Å²) in [6.45, 7) is 5.40. The molecule has 1 atom stereocenters. The molecule has 21 heavy (non-hydrogen) atoms. The maximum Gasteiger partial charge on any atom is 0.389 e. The summed E-state index contributed by atoms with van der Waals surface area (Å²) in [5, 5.41) is 11.9. The van der Waals surface area contributed by atoms with E-state index in [0.717, 1.165) is 39.0 Å². The van der Waals surface area contributed by atoms with E-state index in [4.69, 9.17) is 10.9 Å². The van der Waals surface area contributed by atoms with Gasteiger partial charge in [0, 0.05) is 32.6 Å². The summed E-state index contributed by atoms with van der Waals surface area (Å²) in [7, 11) is 0. The standard InChI is InChI=1S/C13H25F3N4O/c1-2-4-11(12(17)18-21)20-9-7-19(8-10-20)6-3-5-13(14,15)16/h11,21H,2-10H2,1H3,(H2,17,18). The van der Waals surface area contributed by atoms with E-state index in [-0.39, 0.29) is 18.3 Å². The normalized spacial score (nSPS) is 20.7. The molecule has 0 saturated carbocycles. The fourth-order valence-electron chi connectivity index (χ4n) is 2.66. The van der Waals surface area contributed by atoms with Gasteiger partial charge in [-0.05, 0) is 19.4 Å². The van der Waals surface area contributed by atoms with Gasteiger partial charge in [0.1, 0.15) is 0 Å². The molecule has 0 amide bonds. The summed E-state index contributed by atoms with van der Waals surface area (Å²) in [4.78, 5) is 4.18. The van der Waals surface area contributed by atoms with Crippen molar-refractivity contribution in [3.05, 3.63) is 0 Å². The number of hydrogen-bond donors (Lipinski definition) is 2. The fraction of sp³-hybridized carbons (Fsp3) is 0.923. The molecule has 1 heterocycles. The van der Waals surface area contributed by atoms with Crippen LogP contribution in [0.3, 0.4) is 0 Å². The zero-order valence-electron chi connectivity index (χ0n) is 12.4. The first-order chi connectivity index (χ1) is 9.87. The summed E-state index contributed by atoms with van der Waals surface area (Å²) in [6.07, 6.45) is -2.92. The van der Waals surface area contributed by atoms with Crippen molar-refractivity contribution in [3.63, 3.8) is 0 Å². The third-order valence-electron chi connectivity index (χ3n) is 3.80. The van der Waals surface area contributed by atoms with Gasteiger partial charge in [-0.1, -0.05) is 18.5 Å². The maximum absolute atomic E-state index is 12.1. The predicted molar refractivity (Wildman–Crippen MR) is 75.4 cm³/mol. The lowest BCUT2D eigenvalue weighted by Crippen LogP contribution is -2.54. The van der Waals surface area contributed by atoms with Crippen LogP contribution in [0.5, 0.6) is 0 Å². The van der Waals surface area contributed by atoms with Crippen molar-refractivity contribution in [2.24, 2.45) is 10.9 Å². The van der Waals surface area contributed by atoms with E-state index in [9.17, 15) is 13.2 Å². The minimum absolute atomic E-state index is 0.0858. The van der Waals surface area contributed by atoms with Crippen molar-refractivity contribution in [2.45, 2.75) is 44.8 Å². The van der Waals surface area contributed by atoms with Crippen LogP contribution in [0.1, 0.15) is 32.6 Å². The molecule has 0 aromatic heterocycles. The Morgan fingerprint density at radius 2 is 1.90 bits per heavy atom. The van der Waals surface area contributed by atoms with E-state index in [0.29, 0.717) is 6.54 Å². The molecule has 5 nitrogen and oxygen atoms in total. The molecule has 0 aromatic rings. The van der Waals surface area contributed by atoms with Crippen LogP contribution in [0, 0.1) is 0 Å². The average molecular weight is 310 g/mol. The Balaban J connectivity index is 2.36. The van der Waals surface area contributed by atoms with Crippen LogP contribution < -0.4 is 5.73 Å². The molecule has 1 saturated heterocycles. The molecule has 1 fully saturated rings. The minimum atomic E-state index is -4.07. The van der Waals surface area contributed by atoms with Gasteiger partial charge in [-0.2, -0.15) is 13.2 Å². The molecule has 1 aliphatic rings. The number of piperazine rings is 1. The van der Waals surface area contributed by atoms with Gasteiger partial charge < -0.3 is 15.8 Å². The van der Waals surface area contributed by atoms with Crippen LogP contribution in [0.15, 0.2) is 5.16 Å². The monoisotopic (exact) mass is 310 g/mol. The summed E-state index contributed by atoms with van der Waals surface area (Å²) in [6, 6.07) is -0.0858. The highest BCUT2D eigenvalue weighted by molar-refractivity contribution is 5.85. The van der Waals surface area contributed by atoms with Crippen LogP contribution in [0.2, 0.25) is 0 Å². The zero-order chi connectivity index (χ0) is 15.9. The third-order valence-corrected chi connectivity index (χ3v) is 3.80. The molecule has 0 bridgehead atoms. The topological polar surface area (TPSA) is 65.1 Å². The quantitative estimate of drug-likeness (QED) is 0.326. The van der Waals surface area contributed by atoms with E-state index >= 15 is 0 Å². The maximum atomic E-state index is 12.1. The van der Waals surface area contributed by atoms with E-state index in [1.54, 1.807) is 0 Å². The third kappa shape index (κ3) is 6.52. The molecule has 1 aliphatic heterocycles. The van der Waals surface area contributed by atoms with Gasteiger partial charge in [-0.3, -0.25) is 4.90 Å². The highest BCUT2D eigenvalue weighted by Crippen LogP contribution is 2.21. The molecule has 124 valence electrons. The second-order valence-corrected chi connectivity index (χ2v) is 5.43. The van der Waals surface area contributed by atoms with E-state index in [1.807, 2.05) is 11.8 Å². The smallest absolute Gasteiger partial charge is 0.389 e. The molecule has 0 radical (unpaired) electrons. The Labute approximate surface area is 123 Å². The van der Waals surface area contributed by atoms with E-state index < -0.39 is 12.6 Å². The highest BCUT2D eigenvalue weighted by Gasteiger charge is 2.28. The van der Waals surface area contributed by atoms with Gasteiger partial charge in [0.25, 0.3) is 0 Å². The molecule has 0 spiro atoms. The van der Waals surface area contributed by atoms with Crippen molar-refractivity contribution in [1.82, 2.24) is 9.80 Å². The summed E-state index contributed by atoms with van der Waals surface area (Å²) in [5.41, 5.74) is 5.72. The van der Waals surface area contributed by atoms with Gasteiger partial charge in [0.05, 0.1) is 6.04 Å². The van der Waals surface area contributed by atoms with E-state index in [2.05, 4.69) is 10.1 Å². The number of halogens is 3. The van der Waals surface area contributed by atoms with Crippen LogP contribution in [0.25, 0.3) is 0 Å². The summed E-state index contributed by atoms with van der Waals surface area (Å²) < 4.78 is 36.3. The van der Waals surface area contributed by atoms with Crippen LogP contribution >= 0.6 is 0 Å². The van der Waals surface area contributed by atoms with Gasteiger partial charge >= 0.3 is 6.18 Å². The van der Waals surface area contributed by atoms with Crippen LogP contribution in [-0.4, -0.2) is 65.8 Å². The Morgan fingerprint density at radius 1 is 1.29 bits per heavy atom. The Hall–Kier alpha value is -1.02. The molecule has 0 aliphatic carbocycles. The summed E-state index contributed by atoms with van der Waals surface area (Å²) >= 11 is 0. The Bertz CT molecular complexity index is 328. The molecule has 3 N–H and O–H groups in total. The van der Waals surface area contributed by atoms with Crippen molar-refractivity contribution in [3.8, 4) is 0 Å². The molecule has 0 aromatic carbocycles. The van der Waals surface area contributed by atoms with Gasteiger partial charge in [-0.15, -0.1) is 0 Å². The first-order valence-corrected chi connectivity index (χ1v) is 7.38. The number of oxime groups is 1. The number of nitrogens with zero attached hydrogens (tertiary/aromatic N) is 3. The lowest BCUT2D eigenvalue weighted by molar-refractivity contribution is -0.136. The molecule has 1 unspecified atom stereocenters. The number of hydrogen-bond acceptors (Lipinski definition) is 4. The summed E-state index contributed by atoms with van der Waals surface area (Å²) in [5.74, 6) is 0.211. The lowest BCUT2D eigenvalue weighted by Gasteiger charge is -2.38. The van der Waals surface area contributed by atoms with Gasteiger partial charge in [0.15, 0.2) is 5.84 Å². The first kappa shape index (κ1) is 18.0. The molecule has 1 rings (SSSR count). The lowest BCUT2D eigenvalue weighted by atomic mass is 10.1. The number of amidine groups is 1. The average Bonchev–Trinajstić information content (AvgIpc) is 2.43. The van der Waals surface area contributed by atoms with Crippen molar-refractivity contribution in [1.29, 1.82) is 0 Å². The number of nitrogens with two attached hydrogens (primary N) is 1. The SMILES string of the molecule is CCCC(C(N)=NO)N1CCN(CCCC(F)(F)F)CC1. The molecular formula is C13H25F3N4O. The van der Waals surface area contributed by atoms with Crippen molar-refractivity contribution >= 4 is 5.84 Å². The van der Waals surface area contributed by atoms with Crippen molar-refractivity contribution in [2.75, 3.05) is 32.7 Å². The Kier molecular flexibility index (Phi) is 7.24. The molecular weight excluding hydrogens is 285 g/mol. The minimum Gasteiger partial charge on any atom is -0.409 e.